The van der Waals surface area contributed by atoms with E-state index in [0.717, 1.165) is 0 Å². The van der Waals surface area contributed by atoms with Gasteiger partial charge in [0.1, 0.15) is 15.7 Å². The Hall–Kier alpha value is -1.03. The Labute approximate surface area is 148 Å². The first-order chi connectivity index (χ1) is 11.8. The molecule has 9 heteroatoms. The molecule has 0 aromatic heterocycles. The molecular weight excluding hydrogens is 367 g/mol. The average Bonchev–Trinajstić information content (AvgIpc) is 2.57. The number of piperazine rings is 1. The number of rotatable bonds is 4. The zero-order valence-corrected chi connectivity index (χ0v) is 15.6. The van der Waals surface area contributed by atoms with Gasteiger partial charge in [-0.05, 0) is 18.9 Å². The van der Waals surface area contributed by atoms with Crippen LogP contribution < -0.4 is 0 Å². The van der Waals surface area contributed by atoms with Crippen LogP contribution in [-0.4, -0.2) is 69.8 Å². The van der Waals surface area contributed by atoms with Crippen LogP contribution in [0.25, 0.3) is 0 Å². The second-order valence-electron chi connectivity index (χ2n) is 6.67. The molecule has 2 heterocycles. The van der Waals surface area contributed by atoms with Crippen molar-refractivity contribution in [1.29, 1.82) is 0 Å². The summed E-state index contributed by atoms with van der Waals surface area (Å²) in [6.07, 6.45) is 1.23. The van der Waals surface area contributed by atoms with Crippen molar-refractivity contribution in [2.45, 2.75) is 24.6 Å². The first-order valence-corrected chi connectivity index (χ1v) is 11.9. The van der Waals surface area contributed by atoms with Gasteiger partial charge in [-0.1, -0.05) is 18.2 Å². The van der Waals surface area contributed by atoms with Crippen LogP contribution in [0.2, 0.25) is 0 Å². The number of nitrogens with zero attached hydrogens (tertiary/aromatic N) is 2. The summed E-state index contributed by atoms with van der Waals surface area (Å²) in [5.41, 5.74) is 0.183. The van der Waals surface area contributed by atoms with Crippen molar-refractivity contribution in [2.24, 2.45) is 0 Å². The van der Waals surface area contributed by atoms with E-state index in [1.807, 2.05) is 0 Å². The molecule has 0 saturated carbocycles. The highest BCUT2D eigenvalue weighted by molar-refractivity contribution is 7.91. The molecule has 0 spiro atoms. The molecule has 6 nitrogen and oxygen atoms in total. The predicted molar refractivity (Wildman–Crippen MR) is 93.8 cm³/mol. The van der Waals surface area contributed by atoms with E-state index in [1.165, 1.54) is 22.5 Å². The molecule has 2 fully saturated rings. The maximum Gasteiger partial charge on any atom is 0.218 e. The summed E-state index contributed by atoms with van der Waals surface area (Å²) in [6, 6.07) is 6.13. The second kappa shape index (κ2) is 7.30. The quantitative estimate of drug-likeness (QED) is 0.762. The van der Waals surface area contributed by atoms with Crippen LogP contribution in [-0.2, 0) is 25.6 Å². The van der Waals surface area contributed by atoms with Crippen LogP contribution >= 0.6 is 0 Å². The standard InChI is InChI=1S/C16H23FN2O4S2/c17-16-4-2-1-3-14(16)13-25(22,23)19-9-7-18(8-10-19)15-5-11-24(20,21)12-6-15/h1-4,15H,5-13H2. The van der Waals surface area contributed by atoms with Crippen LogP contribution in [0, 0.1) is 5.82 Å². The van der Waals surface area contributed by atoms with Gasteiger partial charge in [-0.2, -0.15) is 4.31 Å². The molecule has 0 aliphatic carbocycles. The Kier molecular flexibility index (Phi) is 5.48. The van der Waals surface area contributed by atoms with Crippen molar-refractivity contribution in [3.8, 4) is 0 Å². The van der Waals surface area contributed by atoms with E-state index in [4.69, 9.17) is 0 Å². The van der Waals surface area contributed by atoms with Crippen molar-refractivity contribution >= 4 is 19.9 Å². The van der Waals surface area contributed by atoms with E-state index in [9.17, 15) is 21.2 Å². The van der Waals surface area contributed by atoms with Crippen LogP contribution in [0.15, 0.2) is 24.3 Å². The van der Waals surface area contributed by atoms with Crippen molar-refractivity contribution in [2.75, 3.05) is 37.7 Å². The molecule has 0 unspecified atom stereocenters. The molecule has 0 atom stereocenters. The number of hydrogen-bond donors (Lipinski definition) is 0. The Bertz CT molecular complexity index is 804. The summed E-state index contributed by atoms with van der Waals surface area (Å²) in [4.78, 5) is 2.18. The third kappa shape index (κ3) is 4.58. The molecule has 0 N–H and O–H groups in total. The minimum absolute atomic E-state index is 0.183. The van der Waals surface area contributed by atoms with Gasteiger partial charge in [0.15, 0.2) is 0 Å². The Morgan fingerprint density at radius 1 is 1.04 bits per heavy atom. The first-order valence-electron chi connectivity index (χ1n) is 8.42. The molecule has 2 saturated heterocycles. The summed E-state index contributed by atoms with van der Waals surface area (Å²) >= 11 is 0. The Morgan fingerprint density at radius 2 is 1.64 bits per heavy atom. The lowest BCUT2D eigenvalue weighted by Crippen LogP contribution is -2.53. The van der Waals surface area contributed by atoms with Gasteiger partial charge in [-0.15, -0.1) is 0 Å². The van der Waals surface area contributed by atoms with Gasteiger partial charge in [0, 0.05) is 37.8 Å². The normalized spacial score (nSPS) is 23.6. The summed E-state index contributed by atoms with van der Waals surface area (Å²) in [7, 11) is -6.46. The maximum atomic E-state index is 13.7. The summed E-state index contributed by atoms with van der Waals surface area (Å²) in [6.45, 7) is 1.89. The first kappa shape index (κ1) is 18.8. The fraction of sp³-hybridized carbons (Fsp3) is 0.625. The van der Waals surface area contributed by atoms with Gasteiger partial charge < -0.3 is 0 Å². The predicted octanol–water partition coefficient (Wildman–Crippen LogP) is 0.850. The smallest absolute Gasteiger partial charge is 0.218 e. The molecule has 3 rings (SSSR count). The lowest BCUT2D eigenvalue weighted by molar-refractivity contribution is 0.129. The van der Waals surface area contributed by atoms with E-state index >= 15 is 0 Å². The molecule has 1 aromatic carbocycles. The number of halogens is 1. The Morgan fingerprint density at radius 3 is 2.24 bits per heavy atom. The lowest BCUT2D eigenvalue weighted by atomic mass is 10.1. The highest BCUT2D eigenvalue weighted by atomic mass is 32.2. The fourth-order valence-corrected chi connectivity index (χ4v) is 6.49. The van der Waals surface area contributed by atoms with Crippen molar-refractivity contribution < 1.29 is 21.2 Å². The molecule has 25 heavy (non-hydrogen) atoms. The van der Waals surface area contributed by atoms with E-state index in [2.05, 4.69) is 4.90 Å². The monoisotopic (exact) mass is 390 g/mol. The number of hydrogen-bond acceptors (Lipinski definition) is 5. The molecule has 140 valence electrons. The molecular formula is C16H23FN2O4S2. The highest BCUT2D eigenvalue weighted by Gasteiger charge is 2.33. The third-order valence-corrected chi connectivity index (χ3v) is 8.55. The largest absolute Gasteiger partial charge is 0.298 e. The lowest BCUT2D eigenvalue weighted by Gasteiger charge is -2.40. The maximum absolute atomic E-state index is 13.7. The summed E-state index contributed by atoms with van der Waals surface area (Å²) in [5.74, 6) is -0.415. The summed E-state index contributed by atoms with van der Waals surface area (Å²) in [5, 5.41) is 0. The van der Waals surface area contributed by atoms with Gasteiger partial charge in [0.05, 0.1) is 17.3 Å². The van der Waals surface area contributed by atoms with Crippen LogP contribution in [0.3, 0.4) is 0 Å². The van der Waals surface area contributed by atoms with Gasteiger partial charge in [-0.3, -0.25) is 4.90 Å². The fourth-order valence-electron chi connectivity index (χ4n) is 3.49. The molecule has 0 bridgehead atoms. The van der Waals surface area contributed by atoms with E-state index < -0.39 is 25.7 Å². The van der Waals surface area contributed by atoms with Crippen LogP contribution in [0.1, 0.15) is 18.4 Å². The van der Waals surface area contributed by atoms with Crippen molar-refractivity contribution in [3.05, 3.63) is 35.6 Å². The average molecular weight is 391 g/mol. The van der Waals surface area contributed by atoms with Crippen LogP contribution in [0.5, 0.6) is 0 Å². The van der Waals surface area contributed by atoms with Gasteiger partial charge in [-0.25, -0.2) is 21.2 Å². The third-order valence-electron chi connectivity index (χ3n) is 5.00. The molecule has 0 amide bonds. The second-order valence-corrected chi connectivity index (χ2v) is 10.9. The molecule has 2 aliphatic rings. The van der Waals surface area contributed by atoms with Crippen molar-refractivity contribution in [3.63, 3.8) is 0 Å². The topological polar surface area (TPSA) is 74.8 Å². The Balaban J connectivity index is 1.57. The van der Waals surface area contributed by atoms with E-state index in [0.29, 0.717) is 39.0 Å². The van der Waals surface area contributed by atoms with E-state index in [1.54, 1.807) is 6.07 Å². The minimum atomic E-state index is -3.56. The minimum Gasteiger partial charge on any atom is -0.298 e. The van der Waals surface area contributed by atoms with Gasteiger partial charge in [0.2, 0.25) is 10.0 Å². The van der Waals surface area contributed by atoms with Crippen molar-refractivity contribution in [1.82, 2.24) is 9.21 Å². The highest BCUT2D eigenvalue weighted by Crippen LogP contribution is 2.21. The van der Waals surface area contributed by atoms with Gasteiger partial charge in [0.25, 0.3) is 0 Å². The number of sulfone groups is 1. The van der Waals surface area contributed by atoms with Gasteiger partial charge >= 0.3 is 0 Å². The SMILES string of the molecule is O=S1(=O)CCC(N2CCN(S(=O)(=O)Cc3ccccc3F)CC2)CC1. The molecule has 1 aromatic rings. The summed E-state index contributed by atoms with van der Waals surface area (Å²) < 4.78 is 63.3. The number of sulfonamides is 1. The number of benzene rings is 1. The zero-order chi connectivity index (χ0) is 18.1. The van der Waals surface area contributed by atoms with E-state index in [-0.39, 0.29) is 28.9 Å². The molecule has 0 radical (unpaired) electrons. The van der Waals surface area contributed by atoms with Crippen LogP contribution in [0.4, 0.5) is 4.39 Å². The molecule has 2 aliphatic heterocycles. The zero-order valence-electron chi connectivity index (χ0n) is 14.0.